The van der Waals surface area contributed by atoms with Gasteiger partial charge < -0.3 is 0 Å². The second-order valence-corrected chi connectivity index (χ2v) is 3.76. The number of ketones is 1. The summed E-state index contributed by atoms with van der Waals surface area (Å²) >= 11 is 0. The maximum absolute atomic E-state index is 11.7. The number of Topliss-reactive ketones (excluding diaryl/α,β-unsaturated/α-hetero) is 1. The van der Waals surface area contributed by atoms with Gasteiger partial charge in [0.1, 0.15) is 6.54 Å². The van der Waals surface area contributed by atoms with Crippen molar-refractivity contribution in [2.45, 2.75) is 6.92 Å². The Balaban J connectivity index is 2.47. The molecule has 1 aromatic rings. The summed E-state index contributed by atoms with van der Waals surface area (Å²) in [5.41, 5.74) is 3.53. The van der Waals surface area contributed by atoms with Gasteiger partial charge in [-0.05, 0) is 18.6 Å². The molecule has 0 spiro atoms. The Bertz CT molecular complexity index is 525. The molecule has 2 amide bonds. The summed E-state index contributed by atoms with van der Waals surface area (Å²) < 4.78 is 0. The molecule has 1 heterocycles. The first kappa shape index (κ1) is 11.3. The minimum absolute atomic E-state index is 0.251. The van der Waals surface area contributed by atoms with Crippen molar-refractivity contribution < 1.29 is 14.4 Å². The van der Waals surface area contributed by atoms with Crippen LogP contribution in [-0.4, -0.2) is 24.1 Å². The fourth-order valence-corrected chi connectivity index (χ4v) is 1.88. The molecule has 0 fully saturated rings. The molecule has 3 N–H and O–H groups in total. The van der Waals surface area contributed by atoms with Crippen molar-refractivity contribution in [3.8, 4) is 0 Å². The number of carbonyl (C=O) groups is 3. The third kappa shape index (κ3) is 1.68. The minimum Gasteiger partial charge on any atom is -0.295 e. The molecule has 1 aromatic carbocycles. The number of para-hydroxylation sites is 1. The van der Waals surface area contributed by atoms with Crippen LogP contribution in [0.2, 0.25) is 0 Å². The van der Waals surface area contributed by atoms with Crippen LogP contribution in [0.25, 0.3) is 0 Å². The molecule has 0 bridgehead atoms. The normalized spacial score (nSPS) is 13.9. The number of benzene rings is 1. The predicted octanol–water partition coefficient (Wildman–Crippen LogP) is -0.486. The van der Waals surface area contributed by atoms with E-state index in [1.807, 2.05) is 5.43 Å². The largest absolute Gasteiger partial charge is 0.299 e. The van der Waals surface area contributed by atoms with E-state index in [0.717, 1.165) is 10.5 Å². The maximum atomic E-state index is 11.7. The Kier molecular flexibility index (Phi) is 2.64. The first-order chi connectivity index (χ1) is 8.06. The molecule has 17 heavy (non-hydrogen) atoms. The van der Waals surface area contributed by atoms with Crippen molar-refractivity contribution in [3.63, 3.8) is 0 Å². The molecular formula is C11H11N3O3. The van der Waals surface area contributed by atoms with E-state index < -0.39 is 17.6 Å². The summed E-state index contributed by atoms with van der Waals surface area (Å²) in [7, 11) is 0. The number of aryl methyl sites for hydroxylation is 1. The topological polar surface area (TPSA) is 92.5 Å². The highest BCUT2D eigenvalue weighted by Gasteiger charge is 2.37. The van der Waals surface area contributed by atoms with Gasteiger partial charge in [0.2, 0.25) is 0 Å². The Hall–Kier alpha value is -2.21. The number of hydrogen-bond donors (Lipinski definition) is 2. The highest BCUT2D eigenvalue weighted by molar-refractivity contribution is 6.52. The lowest BCUT2D eigenvalue weighted by molar-refractivity contribution is -0.122. The van der Waals surface area contributed by atoms with E-state index in [0.29, 0.717) is 11.3 Å². The molecule has 0 saturated heterocycles. The predicted molar refractivity (Wildman–Crippen MR) is 60.2 cm³/mol. The molecule has 6 heteroatoms. The van der Waals surface area contributed by atoms with Crippen molar-refractivity contribution in [3.05, 3.63) is 29.3 Å². The van der Waals surface area contributed by atoms with Crippen LogP contribution in [0.3, 0.4) is 0 Å². The van der Waals surface area contributed by atoms with E-state index in [2.05, 4.69) is 0 Å². The van der Waals surface area contributed by atoms with Crippen LogP contribution >= 0.6 is 0 Å². The molecule has 0 unspecified atom stereocenters. The summed E-state index contributed by atoms with van der Waals surface area (Å²) in [5, 5.41) is 0. The van der Waals surface area contributed by atoms with Gasteiger partial charge in [-0.3, -0.25) is 24.7 Å². The number of amides is 2. The first-order valence-corrected chi connectivity index (χ1v) is 5.01. The molecule has 2 rings (SSSR count). The quantitative estimate of drug-likeness (QED) is 0.312. The van der Waals surface area contributed by atoms with E-state index in [1.165, 1.54) is 0 Å². The average Bonchev–Trinajstić information content (AvgIpc) is 2.56. The lowest BCUT2D eigenvalue weighted by Gasteiger charge is -2.16. The molecule has 6 nitrogen and oxygen atoms in total. The Labute approximate surface area is 97.4 Å². The van der Waals surface area contributed by atoms with Crippen molar-refractivity contribution in [2.24, 2.45) is 5.84 Å². The number of anilines is 1. The maximum Gasteiger partial charge on any atom is 0.299 e. The fraction of sp³-hybridized carbons (Fsp3) is 0.182. The third-order valence-corrected chi connectivity index (χ3v) is 2.65. The number of carbonyl (C=O) groups excluding carboxylic acids is 3. The van der Waals surface area contributed by atoms with Crippen molar-refractivity contribution >= 4 is 23.3 Å². The van der Waals surface area contributed by atoms with Gasteiger partial charge in [0.15, 0.2) is 0 Å². The van der Waals surface area contributed by atoms with Crippen molar-refractivity contribution in [1.29, 1.82) is 0 Å². The number of nitrogens with one attached hydrogen (secondary N) is 1. The third-order valence-electron chi connectivity index (χ3n) is 2.65. The van der Waals surface area contributed by atoms with Crippen LogP contribution in [0, 0.1) is 6.92 Å². The highest BCUT2D eigenvalue weighted by Crippen LogP contribution is 2.31. The monoisotopic (exact) mass is 233 g/mol. The van der Waals surface area contributed by atoms with E-state index in [4.69, 9.17) is 5.84 Å². The number of hydrogen-bond acceptors (Lipinski definition) is 4. The van der Waals surface area contributed by atoms with Gasteiger partial charge in [-0.2, -0.15) is 0 Å². The average molecular weight is 233 g/mol. The van der Waals surface area contributed by atoms with Gasteiger partial charge in [-0.25, -0.2) is 5.84 Å². The number of fused-ring (bicyclic) bond motifs is 1. The Morgan fingerprint density at radius 2 is 2.12 bits per heavy atom. The van der Waals surface area contributed by atoms with Gasteiger partial charge in [0.25, 0.3) is 17.6 Å². The van der Waals surface area contributed by atoms with Gasteiger partial charge in [0, 0.05) is 0 Å². The van der Waals surface area contributed by atoms with E-state index in [9.17, 15) is 14.4 Å². The van der Waals surface area contributed by atoms with Gasteiger partial charge >= 0.3 is 0 Å². The molecule has 88 valence electrons. The standard InChI is InChI=1S/C11H11N3O3/c1-6-3-2-4-7-9(6)14(5-8(15)13-12)11(17)10(7)16/h2-4H,5,12H2,1H3,(H,13,15). The smallest absolute Gasteiger partial charge is 0.295 e. The van der Waals surface area contributed by atoms with Crippen LogP contribution in [0.5, 0.6) is 0 Å². The summed E-state index contributed by atoms with van der Waals surface area (Å²) in [5.74, 6) is 3.15. The zero-order valence-electron chi connectivity index (χ0n) is 9.19. The summed E-state index contributed by atoms with van der Waals surface area (Å²) in [6.45, 7) is 1.52. The zero-order chi connectivity index (χ0) is 12.6. The Morgan fingerprint density at radius 3 is 2.76 bits per heavy atom. The van der Waals surface area contributed by atoms with Gasteiger partial charge in [0.05, 0.1) is 11.3 Å². The van der Waals surface area contributed by atoms with Crippen LogP contribution in [0.4, 0.5) is 5.69 Å². The van der Waals surface area contributed by atoms with Crippen LogP contribution in [-0.2, 0) is 9.59 Å². The van der Waals surface area contributed by atoms with Crippen LogP contribution < -0.4 is 16.2 Å². The second kappa shape index (κ2) is 3.99. The van der Waals surface area contributed by atoms with Crippen molar-refractivity contribution in [2.75, 3.05) is 11.4 Å². The number of hydrazine groups is 1. The number of rotatable bonds is 2. The van der Waals surface area contributed by atoms with Gasteiger partial charge in [-0.15, -0.1) is 0 Å². The second-order valence-electron chi connectivity index (χ2n) is 3.76. The summed E-state index contributed by atoms with van der Waals surface area (Å²) in [4.78, 5) is 35.7. The minimum atomic E-state index is -0.696. The molecule has 0 saturated carbocycles. The summed E-state index contributed by atoms with van der Waals surface area (Å²) in [6, 6.07) is 5.05. The molecule has 1 aliphatic heterocycles. The van der Waals surface area contributed by atoms with E-state index in [1.54, 1.807) is 25.1 Å². The summed E-state index contributed by atoms with van der Waals surface area (Å²) in [6.07, 6.45) is 0. The van der Waals surface area contributed by atoms with Crippen LogP contribution in [0.15, 0.2) is 18.2 Å². The molecule has 0 aliphatic carbocycles. The van der Waals surface area contributed by atoms with E-state index >= 15 is 0 Å². The molecule has 0 radical (unpaired) electrons. The molecule has 0 atom stereocenters. The number of nitrogens with zero attached hydrogens (tertiary/aromatic N) is 1. The molecule has 1 aliphatic rings. The van der Waals surface area contributed by atoms with Gasteiger partial charge in [-0.1, -0.05) is 12.1 Å². The van der Waals surface area contributed by atoms with Crippen LogP contribution in [0.1, 0.15) is 15.9 Å². The molecular weight excluding hydrogens is 222 g/mol. The molecule has 0 aromatic heterocycles. The lowest BCUT2D eigenvalue weighted by atomic mass is 10.1. The lowest BCUT2D eigenvalue weighted by Crippen LogP contribution is -2.42. The Morgan fingerprint density at radius 1 is 1.41 bits per heavy atom. The fourth-order valence-electron chi connectivity index (χ4n) is 1.88. The number of nitrogens with two attached hydrogens (primary N) is 1. The zero-order valence-corrected chi connectivity index (χ0v) is 9.19. The SMILES string of the molecule is Cc1cccc2c1N(CC(=O)NN)C(=O)C2=O. The highest BCUT2D eigenvalue weighted by atomic mass is 16.2. The van der Waals surface area contributed by atoms with Crippen molar-refractivity contribution in [1.82, 2.24) is 5.43 Å². The first-order valence-electron chi connectivity index (χ1n) is 5.01. The van der Waals surface area contributed by atoms with E-state index in [-0.39, 0.29) is 6.54 Å².